The number of methoxy groups -OCH3 is 1. The summed E-state index contributed by atoms with van der Waals surface area (Å²) in [4.78, 5) is 26.3. The second-order valence-electron chi connectivity index (χ2n) is 7.04. The van der Waals surface area contributed by atoms with Crippen molar-refractivity contribution in [3.05, 3.63) is 51.5 Å². The molecule has 0 aliphatic carbocycles. The number of carbonyl (C=O) groups excluding carboxylic acids is 2. The molecule has 0 fully saturated rings. The summed E-state index contributed by atoms with van der Waals surface area (Å²) in [7, 11) is 1.57. The summed E-state index contributed by atoms with van der Waals surface area (Å²) in [6.07, 6.45) is 1.99. The van der Waals surface area contributed by atoms with Crippen LogP contribution in [-0.4, -0.2) is 25.5 Å². The highest BCUT2D eigenvalue weighted by molar-refractivity contribution is 6.38. The molecule has 1 N–H and O–H groups in total. The average Bonchev–Trinajstić information content (AvgIpc) is 2.98. The molecule has 8 heteroatoms. The number of carbonyl (C=O) groups is 2. The molecule has 2 aromatic rings. The fraction of sp³-hybridized carbons (Fsp3) is 0.364. The SMILES string of the molecule is CCCCOc1ccc(CN2C(=O)C(NC(C)=O)c3c(Cl)ccc(Cl)c32)cc1OC. The van der Waals surface area contributed by atoms with E-state index in [0.717, 1.165) is 18.4 Å². The molecule has 1 aliphatic rings. The summed E-state index contributed by atoms with van der Waals surface area (Å²) < 4.78 is 11.2. The summed E-state index contributed by atoms with van der Waals surface area (Å²) in [5.74, 6) is 0.621. The first kappa shape index (κ1) is 22.2. The van der Waals surface area contributed by atoms with Crippen LogP contribution in [0.25, 0.3) is 0 Å². The van der Waals surface area contributed by atoms with E-state index in [-0.39, 0.29) is 18.4 Å². The summed E-state index contributed by atoms with van der Waals surface area (Å²) in [5.41, 5.74) is 1.85. The van der Waals surface area contributed by atoms with Gasteiger partial charge >= 0.3 is 0 Å². The Balaban J connectivity index is 1.92. The smallest absolute Gasteiger partial charge is 0.254 e. The molecule has 1 heterocycles. The maximum atomic E-state index is 13.1. The van der Waals surface area contributed by atoms with Gasteiger partial charge in [0.05, 0.1) is 31.0 Å². The highest BCUT2D eigenvalue weighted by atomic mass is 35.5. The minimum atomic E-state index is -0.873. The number of halogens is 2. The van der Waals surface area contributed by atoms with E-state index in [2.05, 4.69) is 12.2 Å². The van der Waals surface area contributed by atoms with Crippen LogP contribution in [0.1, 0.15) is 43.9 Å². The maximum Gasteiger partial charge on any atom is 0.254 e. The predicted octanol–water partition coefficient (Wildman–Crippen LogP) is 4.90. The first-order chi connectivity index (χ1) is 14.4. The number of ether oxygens (including phenoxy) is 2. The number of amides is 2. The van der Waals surface area contributed by atoms with Crippen LogP contribution in [0.2, 0.25) is 10.0 Å². The standard InChI is InChI=1S/C22H24Cl2N2O4/c1-4-5-10-30-17-9-6-14(11-18(17)29-3)12-26-21-16(24)8-7-15(23)19(21)20(22(26)28)25-13(2)27/h6-9,11,20H,4-5,10,12H2,1-3H3,(H,25,27). The van der Waals surface area contributed by atoms with Crippen molar-refractivity contribution < 1.29 is 19.1 Å². The van der Waals surface area contributed by atoms with Crippen molar-refractivity contribution in [3.8, 4) is 11.5 Å². The van der Waals surface area contributed by atoms with Crippen molar-refractivity contribution in [1.82, 2.24) is 5.32 Å². The summed E-state index contributed by atoms with van der Waals surface area (Å²) in [5, 5.41) is 3.44. The van der Waals surface area contributed by atoms with Crippen LogP contribution in [0.15, 0.2) is 30.3 Å². The Morgan fingerprint density at radius 3 is 2.57 bits per heavy atom. The summed E-state index contributed by atoms with van der Waals surface area (Å²) in [6.45, 7) is 4.31. The Labute approximate surface area is 186 Å². The number of benzene rings is 2. The molecule has 0 saturated carbocycles. The number of fused-ring (bicyclic) bond motifs is 1. The third kappa shape index (κ3) is 4.50. The van der Waals surface area contributed by atoms with Crippen molar-refractivity contribution in [2.24, 2.45) is 0 Å². The summed E-state index contributed by atoms with van der Waals surface area (Å²) >= 11 is 12.8. The van der Waals surface area contributed by atoms with Gasteiger partial charge in [-0.25, -0.2) is 0 Å². The Bertz CT molecular complexity index is 964. The number of nitrogens with zero attached hydrogens (tertiary/aromatic N) is 1. The highest BCUT2D eigenvalue weighted by Gasteiger charge is 2.41. The number of hydrogen-bond acceptors (Lipinski definition) is 4. The second kappa shape index (κ2) is 9.58. The average molecular weight is 451 g/mol. The van der Waals surface area contributed by atoms with Gasteiger partial charge in [-0.2, -0.15) is 0 Å². The van der Waals surface area contributed by atoms with Gasteiger partial charge in [-0.05, 0) is 36.2 Å². The predicted molar refractivity (Wildman–Crippen MR) is 118 cm³/mol. The quantitative estimate of drug-likeness (QED) is 0.580. The molecular formula is C22H24Cl2N2O4. The fourth-order valence-corrected chi connectivity index (χ4v) is 3.96. The van der Waals surface area contributed by atoms with E-state index in [4.69, 9.17) is 32.7 Å². The number of hydrogen-bond donors (Lipinski definition) is 1. The van der Waals surface area contributed by atoms with Crippen molar-refractivity contribution in [3.63, 3.8) is 0 Å². The Morgan fingerprint density at radius 2 is 1.90 bits per heavy atom. The van der Waals surface area contributed by atoms with E-state index in [1.165, 1.54) is 11.8 Å². The van der Waals surface area contributed by atoms with Crippen LogP contribution >= 0.6 is 23.2 Å². The topological polar surface area (TPSA) is 67.9 Å². The largest absolute Gasteiger partial charge is 0.493 e. The lowest BCUT2D eigenvalue weighted by molar-refractivity contribution is -0.126. The van der Waals surface area contributed by atoms with Gasteiger partial charge in [0.1, 0.15) is 6.04 Å². The maximum absolute atomic E-state index is 13.1. The molecule has 2 aromatic carbocycles. The monoisotopic (exact) mass is 450 g/mol. The van der Waals surface area contributed by atoms with Gasteiger partial charge in [0, 0.05) is 17.5 Å². The third-order valence-corrected chi connectivity index (χ3v) is 5.49. The molecule has 0 bridgehead atoms. The van der Waals surface area contributed by atoms with Crippen molar-refractivity contribution in [2.75, 3.05) is 18.6 Å². The minimum Gasteiger partial charge on any atom is -0.493 e. The molecule has 1 atom stereocenters. The van der Waals surface area contributed by atoms with Crippen LogP contribution in [0, 0.1) is 0 Å². The molecule has 2 amide bonds. The van der Waals surface area contributed by atoms with Crippen LogP contribution in [0.3, 0.4) is 0 Å². The van der Waals surface area contributed by atoms with Crippen LogP contribution in [0.4, 0.5) is 5.69 Å². The summed E-state index contributed by atoms with van der Waals surface area (Å²) in [6, 6.07) is 7.93. The number of nitrogens with one attached hydrogen (secondary N) is 1. The van der Waals surface area contributed by atoms with Crippen molar-refractivity contribution in [1.29, 1.82) is 0 Å². The van der Waals surface area contributed by atoms with E-state index < -0.39 is 6.04 Å². The van der Waals surface area contributed by atoms with Crippen molar-refractivity contribution in [2.45, 2.75) is 39.3 Å². The van der Waals surface area contributed by atoms with E-state index in [1.54, 1.807) is 19.2 Å². The van der Waals surface area contributed by atoms with Gasteiger partial charge in [-0.3, -0.25) is 9.59 Å². The second-order valence-corrected chi connectivity index (χ2v) is 7.85. The minimum absolute atomic E-state index is 0.244. The zero-order valence-electron chi connectivity index (χ0n) is 17.1. The van der Waals surface area contributed by atoms with Gasteiger partial charge < -0.3 is 19.7 Å². The Morgan fingerprint density at radius 1 is 1.17 bits per heavy atom. The number of rotatable bonds is 8. The van der Waals surface area contributed by atoms with Crippen LogP contribution < -0.4 is 19.7 Å². The molecule has 1 aliphatic heterocycles. The number of anilines is 1. The molecule has 0 saturated heterocycles. The molecular weight excluding hydrogens is 427 g/mol. The molecule has 0 radical (unpaired) electrons. The normalized spacial score (nSPS) is 15.2. The Hall–Kier alpha value is -2.44. The molecule has 1 unspecified atom stereocenters. The molecule has 160 valence electrons. The molecule has 30 heavy (non-hydrogen) atoms. The van der Waals surface area contributed by atoms with Gasteiger partial charge in [-0.15, -0.1) is 0 Å². The molecule has 0 spiro atoms. The third-order valence-electron chi connectivity index (χ3n) is 4.86. The fourth-order valence-electron chi connectivity index (χ4n) is 3.43. The first-order valence-corrected chi connectivity index (χ1v) is 10.5. The van der Waals surface area contributed by atoms with Crippen LogP contribution in [-0.2, 0) is 16.1 Å². The first-order valence-electron chi connectivity index (χ1n) is 9.73. The highest BCUT2D eigenvalue weighted by Crippen LogP contribution is 2.45. The lowest BCUT2D eigenvalue weighted by Gasteiger charge is -2.20. The lowest BCUT2D eigenvalue weighted by Crippen LogP contribution is -2.36. The van der Waals surface area contributed by atoms with E-state index in [0.29, 0.717) is 39.4 Å². The van der Waals surface area contributed by atoms with Gasteiger partial charge in [0.25, 0.3) is 5.91 Å². The molecule has 0 aromatic heterocycles. The van der Waals surface area contributed by atoms with E-state index in [9.17, 15) is 9.59 Å². The molecule has 3 rings (SSSR count). The molecule has 6 nitrogen and oxygen atoms in total. The number of unbranched alkanes of at least 4 members (excludes halogenated alkanes) is 1. The Kier molecular flexibility index (Phi) is 7.10. The van der Waals surface area contributed by atoms with Gasteiger partial charge in [-0.1, -0.05) is 42.6 Å². The zero-order valence-corrected chi connectivity index (χ0v) is 18.6. The van der Waals surface area contributed by atoms with Crippen LogP contribution in [0.5, 0.6) is 11.5 Å². The van der Waals surface area contributed by atoms with Gasteiger partial charge in [0.2, 0.25) is 5.91 Å². The van der Waals surface area contributed by atoms with Crippen molar-refractivity contribution >= 4 is 40.7 Å². The van der Waals surface area contributed by atoms with E-state index >= 15 is 0 Å². The van der Waals surface area contributed by atoms with E-state index in [1.807, 2.05) is 18.2 Å². The zero-order chi connectivity index (χ0) is 21.8. The lowest BCUT2D eigenvalue weighted by atomic mass is 10.1. The van der Waals surface area contributed by atoms with Gasteiger partial charge in [0.15, 0.2) is 11.5 Å².